The quantitative estimate of drug-likeness (QED) is 0.741. The maximum atomic E-state index is 12.7. The van der Waals surface area contributed by atoms with Gasteiger partial charge in [-0.2, -0.15) is 5.10 Å². The molecule has 4 rings (SSSR count). The van der Waals surface area contributed by atoms with Crippen molar-refractivity contribution in [3.05, 3.63) is 60.9 Å². The predicted octanol–water partition coefficient (Wildman–Crippen LogP) is 1.59. The number of amides is 1. The molecule has 3 aromatic rings. The van der Waals surface area contributed by atoms with Crippen molar-refractivity contribution < 1.29 is 4.79 Å². The molecule has 1 atom stereocenters. The summed E-state index contributed by atoms with van der Waals surface area (Å²) in [6.07, 6.45) is 12.2. The minimum atomic E-state index is -0.0643. The fourth-order valence-corrected chi connectivity index (χ4v) is 3.35. The molecule has 1 aliphatic heterocycles. The van der Waals surface area contributed by atoms with E-state index in [9.17, 15) is 4.79 Å². The fraction of sp³-hybridized carbons (Fsp3) is 0.316. The third-order valence-corrected chi connectivity index (χ3v) is 4.71. The second-order valence-electron chi connectivity index (χ2n) is 6.50. The maximum absolute atomic E-state index is 12.7. The average molecular weight is 363 g/mol. The van der Waals surface area contributed by atoms with Gasteiger partial charge in [0.05, 0.1) is 12.1 Å². The van der Waals surface area contributed by atoms with E-state index in [0.717, 1.165) is 36.6 Å². The zero-order valence-electron chi connectivity index (χ0n) is 14.9. The molecule has 8 heteroatoms. The predicted molar refractivity (Wildman–Crippen MR) is 100 cm³/mol. The molecular formula is C19H21N7O. The number of nitrogens with one attached hydrogen (secondary N) is 1. The highest BCUT2D eigenvalue weighted by Crippen LogP contribution is 2.21. The number of piperidine rings is 1. The van der Waals surface area contributed by atoms with Crippen LogP contribution < -0.4 is 10.2 Å². The summed E-state index contributed by atoms with van der Waals surface area (Å²) in [5.41, 5.74) is 0.927. The van der Waals surface area contributed by atoms with Gasteiger partial charge < -0.3 is 10.2 Å². The van der Waals surface area contributed by atoms with Crippen LogP contribution in [-0.2, 0) is 11.3 Å². The summed E-state index contributed by atoms with van der Waals surface area (Å²) in [5, 5.41) is 7.29. The molecule has 3 aromatic heterocycles. The van der Waals surface area contributed by atoms with E-state index < -0.39 is 0 Å². The van der Waals surface area contributed by atoms with Gasteiger partial charge in [0, 0.05) is 56.2 Å². The minimum Gasteiger partial charge on any atom is -0.355 e. The number of aromatic nitrogens is 5. The summed E-state index contributed by atoms with van der Waals surface area (Å²) in [4.78, 5) is 27.7. The van der Waals surface area contributed by atoms with Gasteiger partial charge in [-0.25, -0.2) is 14.6 Å². The molecule has 1 unspecified atom stereocenters. The molecule has 0 aromatic carbocycles. The summed E-state index contributed by atoms with van der Waals surface area (Å²) in [5.74, 6) is 1.54. The van der Waals surface area contributed by atoms with Crippen LogP contribution in [0.1, 0.15) is 18.4 Å². The van der Waals surface area contributed by atoms with Crippen LogP contribution in [0, 0.1) is 5.92 Å². The SMILES string of the molecule is O=C(NCc1cccnc1-n1cccn1)C1CCCN(c2cnccn2)C1. The van der Waals surface area contributed by atoms with Crippen molar-refractivity contribution in [2.45, 2.75) is 19.4 Å². The van der Waals surface area contributed by atoms with Crippen LogP contribution >= 0.6 is 0 Å². The first-order valence-electron chi connectivity index (χ1n) is 9.04. The Labute approximate surface area is 157 Å². The number of hydrogen-bond donors (Lipinski definition) is 1. The van der Waals surface area contributed by atoms with Crippen LogP contribution in [0.25, 0.3) is 5.82 Å². The molecule has 1 fully saturated rings. The van der Waals surface area contributed by atoms with E-state index >= 15 is 0 Å². The van der Waals surface area contributed by atoms with Crippen molar-refractivity contribution in [2.24, 2.45) is 5.92 Å². The molecule has 1 amide bonds. The first-order valence-corrected chi connectivity index (χ1v) is 9.04. The first-order chi connectivity index (χ1) is 13.3. The van der Waals surface area contributed by atoms with E-state index in [2.05, 4.69) is 30.3 Å². The molecule has 27 heavy (non-hydrogen) atoms. The number of anilines is 1. The van der Waals surface area contributed by atoms with Gasteiger partial charge in [0.1, 0.15) is 5.82 Å². The van der Waals surface area contributed by atoms with Crippen LogP contribution in [-0.4, -0.2) is 43.7 Å². The van der Waals surface area contributed by atoms with Crippen LogP contribution in [0.4, 0.5) is 5.82 Å². The van der Waals surface area contributed by atoms with Crippen molar-refractivity contribution in [1.29, 1.82) is 0 Å². The molecule has 4 heterocycles. The first kappa shape index (κ1) is 17.1. The Kier molecular flexibility index (Phi) is 5.04. The lowest BCUT2D eigenvalue weighted by Gasteiger charge is -2.32. The van der Waals surface area contributed by atoms with Crippen molar-refractivity contribution in [3.8, 4) is 5.82 Å². The van der Waals surface area contributed by atoms with E-state index in [1.807, 2.05) is 24.4 Å². The lowest BCUT2D eigenvalue weighted by molar-refractivity contribution is -0.125. The highest BCUT2D eigenvalue weighted by molar-refractivity contribution is 5.79. The molecule has 0 radical (unpaired) electrons. The Balaban J connectivity index is 1.40. The average Bonchev–Trinajstić information content (AvgIpc) is 3.28. The van der Waals surface area contributed by atoms with Crippen molar-refractivity contribution in [1.82, 2.24) is 30.0 Å². The Hall–Kier alpha value is -3.29. The van der Waals surface area contributed by atoms with E-state index in [1.54, 1.807) is 35.7 Å². The minimum absolute atomic E-state index is 0.0545. The van der Waals surface area contributed by atoms with Gasteiger partial charge in [-0.15, -0.1) is 0 Å². The van der Waals surface area contributed by atoms with E-state index in [0.29, 0.717) is 13.1 Å². The molecule has 0 spiro atoms. The third kappa shape index (κ3) is 3.94. The summed E-state index contributed by atoms with van der Waals surface area (Å²) < 4.78 is 1.71. The van der Waals surface area contributed by atoms with E-state index in [4.69, 9.17) is 0 Å². The zero-order valence-corrected chi connectivity index (χ0v) is 14.9. The number of hydrogen-bond acceptors (Lipinski definition) is 6. The third-order valence-electron chi connectivity index (χ3n) is 4.71. The van der Waals surface area contributed by atoms with Gasteiger partial charge in [-0.1, -0.05) is 6.07 Å². The van der Waals surface area contributed by atoms with Gasteiger partial charge in [-0.3, -0.25) is 9.78 Å². The van der Waals surface area contributed by atoms with Crippen molar-refractivity contribution in [2.75, 3.05) is 18.0 Å². The number of pyridine rings is 1. The van der Waals surface area contributed by atoms with Gasteiger partial charge in [0.15, 0.2) is 5.82 Å². The molecule has 1 saturated heterocycles. The monoisotopic (exact) mass is 363 g/mol. The normalized spacial score (nSPS) is 16.9. The Morgan fingerprint density at radius 3 is 2.96 bits per heavy atom. The van der Waals surface area contributed by atoms with Crippen LogP contribution in [0.15, 0.2) is 55.4 Å². The van der Waals surface area contributed by atoms with Gasteiger partial charge in [0.2, 0.25) is 5.91 Å². The molecule has 8 nitrogen and oxygen atoms in total. The topological polar surface area (TPSA) is 88.8 Å². The molecular weight excluding hydrogens is 342 g/mol. The summed E-state index contributed by atoms with van der Waals surface area (Å²) in [7, 11) is 0. The van der Waals surface area contributed by atoms with Crippen LogP contribution in [0.5, 0.6) is 0 Å². The molecule has 0 bridgehead atoms. The van der Waals surface area contributed by atoms with Crippen LogP contribution in [0.3, 0.4) is 0 Å². The molecule has 0 saturated carbocycles. The molecule has 1 aliphatic rings. The largest absolute Gasteiger partial charge is 0.355 e. The van der Waals surface area contributed by atoms with Gasteiger partial charge in [-0.05, 0) is 25.0 Å². The van der Waals surface area contributed by atoms with Gasteiger partial charge in [0.25, 0.3) is 0 Å². The molecule has 1 N–H and O–H groups in total. The van der Waals surface area contributed by atoms with Crippen LogP contribution in [0.2, 0.25) is 0 Å². The van der Waals surface area contributed by atoms with Gasteiger partial charge >= 0.3 is 0 Å². The van der Waals surface area contributed by atoms with E-state index in [-0.39, 0.29) is 11.8 Å². The number of carbonyl (C=O) groups is 1. The van der Waals surface area contributed by atoms with Crippen molar-refractivity contribution in [3.63, 3.8) is 0 Å². The summed E-state index contributed by atoms with van der Waals surface area (Å²) in [6.45, 7) is 1.97. The smallest absolute Gasteiger partial charge is 0.225 e. The number of rotatable bonds is 5. The lowest BCUT2D eigenvalue weighted by atomic mass is 9.97. The number of nitrogens with zero attached hydrogens (tertiary/aromatic N) is 6. The second-order valence-corrected chi connectivity index (χ2v) is 6.50. The lowest BCUT2D eigenvalue weighted by Crippen LogP contribution is -2.43. The standard InChI is InChI=1S/C19H21N7O/c27-19(16-5-2-10-25(14-16)17-13-20-8-9-21-17)23-12-15-4-1-6-22-18(15)26-11-3-7-24-26/h1,3-4,6-9,11,13,16H,2,5,10,12,14H2,(H,23,27). The summed E-state index contributed by atoms with van der Waals surface area (Å²) >= 11 is 0. The van der Waals surface area contributed by atoms with E-state index in [1.165, 1.54) is 0 Å². The van der Waals surface area contributed by atoms with Crippen molar-refractivity contribution >= 4 is 11.7 Å². The Morgan fingerprint density at radius 2 is 2.15 bits per heavy atom. The Morgan fingerprint density at radius 1 is 1.19 bits per heavy atom. The zero-order chi connectivity index (χ0) is 18.5. The molecule has 0 aliphatic carbocycles. The summed E-state index contributed by atoms with van der Waals surface area (Å²) in [6, 6.07) is 5.67. The highest BCUT2D eigenvalue weighted by atomic mass is 16.1. The second kappa shape index (κ2) is 7.94. The fourth-order valence-electron chi connectivity index (χ4n) is 3.35. The molecule has 138 valence electrons. The maximum Gasteiger partial charge on any atom is 0.225 e. The Bertz CT molecular complexity index is 882. The highest BCUT2D eigenvalue weighted by Gasteiger charge is 2.26. The number of carbonyl (C=O) groups excluding carboxylic acids is 1.